The third-order valence-electron chi connectivity index (χ3n) is 4.49. The van der Waals surface area contributed by atoms with Crippen LogP contribution in [0.25, 0.3) is 0 Å². The first-order valence-corrected chi connectivity index (χ1v) is 9.23. The second-order valence-corrected chi connectivity index (χ2v) is 6.78. The Morgan fingerprint density at radius 3 is 2.55 bits per heavy atom. The molecule has 0 unspecified atom stereocenters. The standard InChI is InChI=1S/C21H21ClN2O5/c1-12-17(20(25)28-3)18(24-21(26)23-12)14-9-15(22)19(16(10-14)27-2)29-11-13-7-5-4-6-8-13/h4-10,18H,11H2,1-3H3,(H2,23,24,26)/t18-/m1/s1. The summed E-state index contributed by atoms with van der Waals surface area (Å²) in [6.45, 7) is 1.95. The fourth-order valence-corrected chi connectivity index (χ4v) is 3.37. The lowest BCUT2D eigenvalue weighted by molar-refractivity contribution is -0.136. The van der Waals surface area contributed by atoms with Crippen molar-refractivity contribution in [3.63, 3.8) is 0 Å². The maximum Gasteiger partial charge on any atom is 0.337 e. The topological polar surface area (TPSA) is 85.9 Å². The van der Waals surface area contributed by atoms with Crippen LogP contribution in [-0.4, -0.2) is 26.2 Å². The molecule has 1 heterocycles. The summed E-state index contributed by atoms with van der Waals surface area (Å²) < 4.78 is 16.2. The Labute approximate surface area is 173 Å². The largest absolute Gasteiger partial charge is 0.493 e. The Kier molecular flexibility index (Phi) is 6.29. The molecule has 0 saturated carbocycles. The molecule has 2 aromatic rings. The van der Waals surface area contributed by atoms with Crippen LogP contribution in [0.3, 0.4) is 0 Å². The summed E-state index contributed by atoms with van der Waals surface area (Å²) in [5, 5.41) is 5.59. The van der Waals surface area contributed by atoms with E-state index in [9.17, 15) is 9.59 Å². The van der Waals surface area contributed by atoms with Gasteiger partial charge in [-0.2, -0.15) is 0 Å². The van der Waals surface area contributed by atoms with Gasteiger partial charge in [-0.1, -0.05) is 41.9 Å². The molecule has 7 nitrogen and oxygen atoms in total. The number of methoxy groups -OCH3 is 2. The van der Waals surface area contributed by atoms with E-state index >= 15 is 0 Å². The number of halogens is 1. The first-order chi connectivity index (χ1) is 13.9. The van der Waals surface area contributed by atoms with E-state index in [1.807, 2.05) is 30.3 Å². The Hall–Kier alpha value is -3.19. The first kappa shape index (κ1) is 20.5. The summed E-state index contributed by atoms with van der Waals surface area (Å²) >= 11 is 6.47. The van der Waals surface area contributed by atoms with Crippen LogP contribution in [0.2, 0.25) is 5.02 Å². The number of hydrogen-bond acceptors (Lipinski definition) is 5. The molecule has 2 amide bonds. The van der Waals surface area contributed by atoms with Crippen LogP contribution in [0.4, 0.5) is 4.79 Å². The zero-order valence-corrected chi connectivity index (χ0v) is 17.0. The summed E-state index contributed by atoms with van der Waals surface area (Å²) in [4.78, 5) is 24.3. The van der Waals surface area contributed by atoms with Crippen LogP contribution < -0.4 is 20.1 Å². The second kappa shape index (κ2) is 8.87. The SMILES string of the molecule is COC(=O)C1=C(C)NC(=O)N[C@@H]1c1cc(Cl)c(OCc2ccccc2)c(OC)c1. The molecular formula is C21H21ClN2O5. The van der Waals surface area contributed by atoms with Crippen molar-refractivity contribution in [3.8, 4) is 11.5 Å². The fourth-order valence-electron chi connectivity index (χ4n) is 3.10. The molecule has 0 aromatic heterocycles. The maximum atomic E-state index is 12.3. The zero-order chi connectivity index (χ0) is 21.0. The minimum absolute atomic E-state index is 0.281. The van der Waals surface area contributed by atoms with Crippen molar-refractivity contribution < 1.29 is 23.8 Å². The van der Waals surface area contributed by atoms with Gasteiger partial charge in [0.2, 0.25) is 0 Å². The number of urea groups is 1. The quantitative estimate of drug-likeness (QED) is 0.701. The normalized spacial score (nSPS) is 16.0. The minimum atomic E-state index is -0.745. The number of nitrogens with one attached hydrogen (secondary N) is 2. The Morgan fingerprint density at radius 1 is 1.17 bits per heavy atom. The molecule has 0 saturated heterocycles. The highest BCUT2D eigenvalue weighted by Crippen LogP contribution is 2.40. The van der Waals surface area contributed by atoms with E-state index in [-0.39, 0.29) is 5.57 Å². The second-order valence-electron chi connectivity index (χ2n) is 6.37. The lowest BCUT2D eigenvalue weighted by atomic mass is 9.95. The van der Waals surface area contributed by atoms with E-state index in [0.29, 0.717) is 34.4 Å². The number of esters is 1. The molecule has 0 fully saturated rings. The van der Waals surface area contributed by atoms with Gasteiger partial charge >= 0.3 is 12.0 Å². The molecule has 29 heavy (non-hydrogen) atoms. The van der Waals surface area contributed by atoms with Crippen LogP contribution in [0.1, 0.15) is 24.1 Å². The van der Waals surface area contributed by atoms with E-state index < -0.39 is 18.0 Å². The number of benzene rings is 2. The maximum absolute atomic E-state index is 12.3. The molecule has 1 aliphatic heterocycles. The van der Waals surface area contributed by atoms with Crippen molar-refractivity contribution in [2.75, 3.05) is 14.2 Å². The number of hydrogen-bond donors (Lipinski definition) is 2. The van der Waals surface area contributed by atoms with Crippen molar-refractivity contribution >= 4 is 23.6 Å². The predicted octanol–water partition coefficient (Wildman–Crippen LogP) is 3.73. The Balaban J connectivity index is 1.96. The predicted molar refractivity (Wildman–Crippen MR) is 108 cm³/mol. The van der Waals surface area contributed by atoms with Crippen LogP contribution in [0, 0.1) is 0 Å². The van der Waals surface area contributed by atoms with Crippen molar-refractivity contribution in [3.05, 3.63) is 69.9 Å². The molecule has 0 radical (unpaired) electrons. The summed E-state index contributed by atoms with van der Waals surface area (Å²) in [6, 6.07) is 11.8. The molecule has 152 valence electrons. The number of rotatable bonds is 6. The van der Waals surface area contributed by atoms with Crippen molar-refractivity contribution in [2.45, 2.75) is 19.6 Å². The molecule has 8 heteroatoms. The third kappa shape index (κ3) is 4.46. The van der Waals surface area contributed by atoms with Crippen LogP contribution in [-0.2, 0) is 16.1 Å². The Morgan fingerprint density at radius 2 is 1.90 bits per heavy atom. The van der Waals surface area contributed by atoms with E-state index in [2.05, 4.69) is 10.6 Å². The number of carbonyl (C=O) groups excluding carboxylic acids is 2. The van der Waals surface area contributed by atoms with Gasteiger partial charge in [-0.3, -0.25) is 0 Å². The van der Waals surface area contributed by atoms with Gasteiger partial charge in [-0.25, -0.2) is 9.59 Å². The molecule has 0 bridgehead atoms. The van der Waals surface area contributed by atoms with E-state index in [0.717, 1.165) is 5.56 Å². The lowest BCUT2D eigenvalue weighted by Crippen LogP contribution is -2.45. The molecular weight excluding hydrogens is 396 g/mol. The van der Waals surface area contributed by atoms with Crippen molar-refractivity contribution in [1.82, 2.24) is 10.6 Å². The Bertz CT molecular complexity index is 959. The van der Waals surface area contributed by atoms with Gasteiger partial charge in [-0.05, 0) is 30.2 Å². The van der Waals surface area contributed by atoms with Gasteiger partial charge in [0.25, 0.3) is 0 Å². The zero-order valence-electron chi connectivity index (χ0n) is 16.2. The van der Waals surface area contributed by atoms with Gasteiger partial charge in [-0.15, -0.1) is 0 Å². The van der Waals surface area contributed by atoms with Crippen LogP contribution >= 0.6 is 11.6 Å². The summed E-state index contributed by atoms with van der Waals surface area (Å²) in [7, 11) is 2.78. The van der Waals surface area contributed by atoms with Crippen molar-refractivity contribution in [1.29, 1.82) is 0 Å². The summed E-state index contributed by atoms with van der Waals surface area (Å²) in [5.74, 6) is 0.208. The number of amides is 2. The van der Waals surface area contributed by atoms with Gasteiger partial charge in [0.15, 0.2) is 11.5 Å². The number of carbonyl (C=O) groups is 2. The minimum Gasteiger partial charge on any atom is -0.493 e. The molecule has 1 atom stereocenters. The highest BCUT2D eigenvalue weighted by atomic mass is 35.5. The van der Waals surface area contributed by atoms with Gasteiger partial charge in [0, 0.05) is 5.70 Å². The molecule has 3 rings (SSSR count). The number of ether oxygens (including phenoxy) is 3. The van der Waals surface area contributed by atoms with E-state index in [1.54, 1.807) is 19.1 Å². The number of allylic oxidation sites excluding steroid dienone is 1. The van der Waals surface area contributed by atoms with Crippen LogP contribution in [0.5, 0.6) is 11.5 Å². The van der Waals surface area contributed by atoms with Gasteiger partial charge in [0.1, 0.15) is 6.61 Å². The van der Waals surface area contributed by atoms with E-state index in [1.165, 1.54) is 14.2 Å². The monoisotopic (exact) mass is 416 g/mol. The molecule has 0 spiro atoms. The summed E-state index contributed by atoms with van der Waals surface area (Å²) in [5.41, 5.74) is 2.23. The first-order valence-electron chi connectivity index (χ1n) is 8.85. The van der Waals surface area contributed by atoms with Crippen molar-refractivity contribution in [2.24, 2.45) is 0 Å². The van der Waals surface area contributed by atoms with Gasteiger partial charge in [0.05, 0.1) is 30.9 Å². The molecule has 2 aromatic carbocycles. The average molecular weight is 417 g/mol. The van der Waals surface area contributed by atoms with Gasteiger partial charge < -0.3 is 24.8 Å². The average Bonchev–Trinajstić information content (AvgIpc) is 2.72. The highest BCUT2D eigenvalue weighted by molar-refractivity contribution is 6.32. The summed E-state index contributed by atoms with van der Waals surface area (Å²) in [6.07, 6.45) is 0. The highest BCUT2D eigenvalue weighted by Gasteiger charge is 2.33. The third-order valence-corrected chi connectivity index (χ3v) is 4.77. The molecule has 1 aliphatic rings. The smallest absolute Gasteiger partial charge is 0.337 e. The lowest BCUT2D eigenvalue weighted by Gasteiger charge is -2.28. The van der Waals surface area contributed by atoms with E-state index in [4.69, 9.17) is 25.8 Å². The fraction of sp³-hybridized carbons (Fsp3) is 0.238. The molecule has 0 aliphatic carbocycles. The molecule has 2 N–H and O–H groups in total. The van der Waals surface area contributed by atoms with Crippen LogP contribution in [0.15, 0.2) is 53.7 Å².